The van der Waals surface area contributed by atoms with Crippen molar-refractivity contribution in [2.75, 3.05) is 11.4 Å². The molecule has 0 aromatic heterocycles. The van der Waals surface area contributed by atoms with Crippen LogP contribution in [0.3, 0.4) is 0 Å². The average molecular weight is 295 g/mol. The largest absolute Gasteiger partial charge is 0.341 e. The number of hydrogen-bond acceptors (Lipinski definition) is 1. The van der Waals surface area contributed by atoms with Crippen molar-refractivity contribution in [3.8, 4) is 0 Å². The second kappa shape index (κ2) is 8.03. The Morgan fingerprint density at radius 3 is 2.27 bits per heavy atom. The zero-order valence-corrected chi connectivity index (χ0v) is 14.5. The highest BCUT2D eigenvalue weighted by Crippen LogP contribution is 2.35. The molecule has 118 valence electrons. The number of nitrogens with zero attached hydrogens (tertiary/aromatic N) is 1. The van der Waals surface area contributed by atoms with Gasteiger partial charge in [-0.1, -0.05) is 51.1 Å². The molecule has 0 spiro atoms. The molecule has 1 heteroatoms. The van der Waals surface area contributed by atoms with Crippen LogP contribution in [0.25, 0.3) is 0 Å². The van der Waals surface area contributed by atoms with Gasteiger partial charge in [0.25, 0.3) is 0 Å². The van der Waals surface area contributed by atoms with E-state index >= 15 is 0 Å². The maximum Gasteiger partial charge on any atom is 0.0443 e. The van der Waals surface area contributed by atoms with Crippen LogP contribution in [-0.4, -0.2) is 6.54 Å². The summed E-state index contributed by atoms with van der Waals surface area (Å²) in [6.07, 6.45) is 4.74. The summed E-state index contributed by atoms with van der Waals surface area (Å²) in [5.74, 6) is 0. The Morgan fingerprint density at radius 2 is 1.55 bits per heavy atom. The highest BCUT2D eigenvalue weighted by atomic mass is 15.1. The number of fused-ring (bicyclic) bond motifs is 2. The molecule has 1 heterocycles. The van der Waals surface area contributed by atoms with Crippen LogP contribution < -0.4 is 4.90 Å². The first-order chi connectivity index (χ1) is 10.8. The normalized spacial score (nSPS) is 13.2. The Kier molecular flexibility index (Phi) is 6.06. The Labute approximate surface area is 136 Å². The molecule has 1 aliphatic heterocycles. The maximum atomic E-state index is 2.48. The van der Waals surface area contributed by atoms with E-state index in [9.17, 15) is 0 Å². The number of anilines is 2. The van der Waals surface area contributed by atoms with Gasteiger partial charge in [0.2, 0.25) is 0 Å². The van der Waals surface area contributed by atoms with Gasteiger partial charge in [-0.15, -0.1) is 0 Å². The van der Waals surface area contributed by atoms with Gasteiger partial charge >= 0.3 is 0 Å². The number of aryl methyl sites for hydroxylation is 3. The third kappa shape index (κ3) is 3.35. The molecule has 0 saturated carbocycles. The van der Waals surface area contributed by atoms with Crippen LogP contribution in [0.1, 0.15) is 50.8 Å². The van der Waals surface area contributed by atoms with E-state index in [4.69, 9.17) is 0 Å². The van der Waals surface area contributed by atoms with Gasteiger partial charge in [-0.05, 0) is 61.4 Å². The quantitative estimate of drug-likeness (QED) is 0.664. The molecule has 0 saturated heterocycles. The Hall–Kier alpha value is -1.76. The third-order valence-electron chi connectivity index (χ3n) is 4.33. The Balaban J connectivity index is 0.000000847. The summed E-state index contributed by atoms with van der Waals surface area (Å²) in [6.45, 7) is 9.50. The molecular weight excluding hydrogens is 266 g/mol. The number of para-hydroxylation sites is 1. The highest BCUT2D eigenvalue weighted by molar-refractivity contribution is 5.70. The molecule has 0 fully saturated rings. The Morgan fingerprint density at radius 1 is 0.864 bits per heavy atom. The number of rotatable bonds is 2. The smallest absolute Gasteiger partial charge is 0.0443 e. The zero-order valence-electron chi connectivity index (χ0n) is 14.5. The van der Waals surface area contributed by atoms with Crippen LogP contribution >= 0.6 is 0 Å². The van der Waals surface area contributed by atoms with Gasteiger partial charge in [-0.2, -0.15) is 0 Å². The topological polar surface area (TPSA) is 3.24 Å². The fraction of sp³-hybridized carbons (Fsp3) is 0.429. The van der Waals surface area contributed by atoms with E-state index in [2.05, 4.69) is 61.2 Å². The van der Waals surface area contributed by atoms with Crippen molar-refractivity contribution in [2.45, 2.75) is 53.4 Å². The van der Waals surface area contributed by atoms with Gasteiger partial charge in [0.15, 0.2) is 0 Å². The Bertz CT molecular complexity index is 601. The lowest BCUT2D eigenvalue weighted by molar-refractivity contribution is 0.797. The standard InChI is InChI=1S/C19H23N.C2H6/c1-3-15-12-13-19-17(14-15)10-7-9-16-8-5-6-11-18(16)20(19)4-2;1-2/h5-6,8,11-14H,3-4,7,9-10H2,1-2H3;1-2H3. The van der Waals surface area contributed by atoms with E-state index in [1.165, 1.54) is 47.3 Å². The predicted molar refractivity (Wildman–Crippen MR) is 98.3 cm³/mol. The zero-order chi connectivity index (χ0) is 15.9. The summed E-state index contributed by atoms with van der Waals surface area (Å²) in [4.78, 5) is 2.48. The summed E-state index contributed by atoms with van der Waals surface area (Å²) in [5, 5.41) is 0. The lowest BCUT2D eigenvalue weighted by atomic mass is 9.95. The third-order valence-corrected chi connectivity index (χ3v) is 4.33. The van der Waals surface area contributed by atoms with Crippen LogP contribution in [0.2, 0.25) is 0 Å². The fourth-order valence-corrected chi connectivity index (χ4v) is 3.25. The number of benzene rings is 2. The van der Waals surface area contributed by atoms with Gasteiger partial charge in [0, 0.05) is 17.9 Å². The summed E-state index contributed by atoms with van der Waals surface area (Å²) >= 11 is 0. The maximum absolute atomic E-state index is 2.48. The van der Waals surface area contributed by atoms with Crippen LogP contribution in [0.15, 0.2) is 42.5 Å². The monoisotopic (exact) mass is 295 g/mol. The van der Waals surface area contributed by atoms with Crippen molar-refractivity contribution < 1.29 is 0 Å². The summed E-state index contributed by atoms with van der Waals surface area (Å²) in [7, 11) is 0. The fourth-order valence-electron chi connectivity index (χ4n) is 3.25. The van der Waals surface area contributed by atoms with E-state index in [0.717, 1.165) is 13.0 Å². The number of hydrogen-bond donors (Lipinski definition) is 0. The molecule has 1 nitrogen and oxygen atoms in total. The van der Waals surface area contributed by atoms with Crippen molar-refractivity contribution >= 4 is 11.4 Å². The van der Waals surface area contributed by atoms with Crippen molar-refractivity contribution in [2.24, 2.45) is 0 Å². The van der Waals surface area contributed by atoms with E-state index in [-0.39, 0.29) is 0 Å². The van der Waals surface area contributed by atoms with Gasteiger partial charge < -0.3 is 4.90 Å². The lowest BCUT2D eigenvalue weighted by Crippen LogP contribution is -2.21. The van der Waals surface area contributed by atoms with Gasteiger partial charge in [-0.3, -0.25) is 0 Å². The lowest BCUT2D eigenvalue weighted by Gasteiger charge is -2.30. The first-order valence-corrected chi connectivity index (χ1v) is 8.80. The van der Waals surface area contributed by atoms with E-state index in [0.29, 0.717) is 0 Å². The highest BCUT2D eigenvalue weighted by Gasteiger charge is 2.17. The molecule has 0 bridgehead atoms. The van der Waals surface area contributed by atoms with Crippen molar-refractivity contribution in [1.82, 2.24) is 0 Å². The van der Waals surface area contributed by atoms with Crippen molar-refractivity contribution in [3.63, 3.8) is 0 Å². The van der Waals surface area contributed by atoms with E-state index < -0.39 is 0 Å². The SMILES string of the molecule is CC.CCc1ccc2c(c1)CCCc1ccccc1N2CC. The molecule has 0 N–H and O–H groups in total. The molecule has 1 aliphatic rings. The van der Waals surface area contributed by atoms with Gasteiger partial charge in [0.1, 0.15) is 0 Å². The van der Waals surface area contributed by atoms with E-state index in [1.807, 2.05) is 13.8 Å². The average Bonchev–Trinajstić information content (AvgIpc) is 2.57. The first kappa shape index (κ1) is 16.6. The molecule has 0 radical (unpaired) electrons. The molecule has 0 atom stereocenters. The molecule has 0 aliphatic carbocycles. The molecule has 2 aromatic rings. The van der Waals surface area contributed by atoms with Gasteiger partial charge in [-0.25, -0.2) is 0 Å². The summed E-state index contributed by atoms with van der Waals surface area (Å²) < 4.78 is 0. The molecule has 2 aromatic carbocycles. The second-order valence-electron chi connectivity index (χ2n) is 5.54. The molecule has 0 amide bonds. The molecule has 0 unspecified atom stereocenters. The van der Waals surface area contributed by atoms with E-state index in [1.54, 1.807) is 0 Å². The predicted octanol–water partition coefficient (Wildman–Crippen LogP) is 5.92. The first-order valence-electron chi connectivity index (χ1n) is 8.80. The summed E-state index contributed by atoms with van der Waals surface area (Å²) in [6, 6.07) is 15.9. The van der Waals surface area contributed by atoms with Crippen LogP contribution in [0.4, 0.5) is 11.4 Å². The van der Waals surface area contributed by atoms with Crippen molar-refractivity contribution in [1.29, 1.82) is 0 Å². The van der Waals surface area contributed by atoms with Crippen LogP contribution in [-0.2, 0) is 19.3 Å². The van der Waals surface area contributed by atoms with Gasteiger partial charge in [0.05, 0.1) is 0 Å². The molecular formula is C21H29N. The van der Waals surface area contributed by atoms with Crippen LogP contribution in [0, 0.1) is 0 Å². The molecule has 22 heavy (non-hydrogen) atoms. The summed E-state index contributed by atoms with van der Waals surface area (Å²) in [5.41, 5.74) is 7.24. The van der Waals surface area contributed by atoms with Crippen LogP contribution in [0.5, 0.6) is 0 Å². The second-order valence-corrected chi connectivity index (χ2v) is 5.54. The minimum Gasteiger partial charge on any atom is -0.341 e. The molecule has 3 rings (SSSR count). The minimum absolute atomic E-state index is 1.02. The minimum atomic E-state index is 1.02. The van der Waals surface area contributed by atoms with Crippen molar-refractivity contribution in [3.05, 3.63) is 59.2 Å².